The molecule has 0 unspecified atom stereocenters. The van der Waals surface area contributed by atoms with E-state index in [2.05, 4.69) is 9.72 Å². The molecule has 0 bridgehead atoms. The van der Waals surface area contributed by atoms with Crippen LogP contribution in [0.5, 0.6) is 0 Å². The fourth-order valence-electron chi connectivity index (χ4n) is 0.675. The first-order valence-electron chi connectivity index (χ1n) is 3.00. The summed E-state index contributed by atoms with van der Waals surface area (Å²) >= 11 is 0. The summed E-state index contributed by atoms with van der Waals surface area (Å²) in [6.45, 7) is 0. The van der Waals surface area contributed by atoms with Crippen LogP contribution >= 0.6 is 0 Å². The van der Waals surface area contributed by atoms with Gasteiger partial charge in [0.05, 0.1) is 12.7 Å². The van der Waals surface area contributed by atoms with Crippen LogP contribution in [0, 0.1) is 44.1 Å². The van der Waals surface area contributed by atoms with E-state index >= 15 is 0 Å². The van der Waals surface area contributed by atoms with Crippen LogP contribution < -0.4 is 0 Å². The summed E-state index contributed by atoms with van der Waals surface area (Å²) in [6, 6.07) is 2.86. The van der Waals surface area contributed by atoms with Gasteiger partial charge in [-0.2, -0.15) is 0 Å². The van der Waals surface area contributed by atoms with E-state index in [1.54, 1.807) is 0 Å². The second kappa shape index (κ2) is 5.50. The fourth-order valence-corrected chi connectivity index (χ4v) is 0.675. The Balaban J connectivity index is 0.00000121. The number of pyridine rings is 1. The Morgan fingerprint density at radius 1 is 1.67 bits per heavy atom. The maximum Gasteiger partial charge on any atom is 0.337 e. The molecule has 1 radical (unpaired) electrons. The van der Waals surface area contributed by atoms with Gasteiger partial charge in [0.15, 0.2) is 0 Å². The van der Waals surface area contributed by atoms with Gasteiger partial charge in [0, 0.05) is 44.1 Å². The molecule has 61 valence electrons. The van der Waals surface area contributed by atoms with Crippen molar-refractivity contribution in [3.8, 4) is 0 Å². The molecule has 0 atom stereocenters. The van der Waals surface area contributed by atoms with Gasteiger partial charge in [-0.15, -0.1) is 0 Å². The van der Waals surface area contributed by atoms with Crippen LogP contribution in [0.2, 0.25) is 0 Å². The van der Waals surface area contributed by atoms with E-state index in [4.69, 9.17) is 5.73 Å². The quantitative estimate of drug-likeness (QED) is 0.697. The van der Waals surface area contributed by atoms with Crippen LogP contribution in [0.4, 0.5) is 5.82 Å². The predicted molar refractivity (Wildman–Crippen MR) is 39.6 cm³/mol. The average Bonchev–Trinajstić information content (AvgIpc) is 2.03. The van der Waals surface area contributed by atoms with Crippen molar-refractivity contribution in [1.29, 1.82) is 0 Å². The Morgan fingerprint density at radius 3 is 2.83 bits per heavy atom. The molecule has 0 aliphatic heterocycles. The third-order valence-corrected chi connectivity index (χ3v) is 1.18. The van der Waals surface area contributed by atoms with E-state index in [0.29, 0.717) is 5.56 Å². The van der Waals surface area contributed by atoms with Gasteiger partial charge >= 0.3 is 5.97 Å². The molecule has 0 aliphatic carbocycles. The van der Waals surface area contributed by atoms with Crippen molar-refractivity contribution in [2.75, 3.05) is 7.11 Å². The first-order chi connectivity index (χ1) is 5.24. The van der Waals surface area contributed by atoms with Gasteiger partial charge in [-0.05, 0) is 6.07 Å². The fraction of sp³-hybridized carbons (Fsp3) is 0.143. The van der Waals surface area contributed by atoms with Crippen LogP contribution in [-0.4, -0.2) is 18.1 Å². The number of methoxy groups -OCH3 is 1. The van der Waals surface area contributed by atoms with Gasteiger partial charge < -0.3 is 15.5 Å². The molecule has 0 spiro atoms. The van der Waals surface area contributed by atoms with Crippen molar-refractivity contribution in [1.82, 2.24) is 4.98 Å². The number of esters is 1. The van der Waals surface area contributed by atoms with Crippen molar-refractivity contribution in [2.45, 2.75) is 0 Å². The molecule has 1 N–H and O–H groups in total. The Labute approximate surface area is 106 Å². The van der Waals surface area contributed by atoms with Crippen LogP contribution in [0.1, 0.15) is 10.4 Å². The molecule has 12 heavy (non-hydrogen) atoms. The van der Waals surface area contributed by atoms with Gasteiger partial charge in [-0.25, -0.2) is 4.79 Å². The number of nitrogens with zero attached hydrogens (tertiary/aromatic N) is 1. The van der Waals surface area contributed by atoms with E-state index in [9.17, 15) is 4.79 Å². The van der Waals surface area contributed by atoms with Crippen molar-refractivity contribution in [3.63, 3.8) is 0 Å². The number of aromatic nitrogens is 1. The monoisotopic (exact) mass is 378 g/mol. The van der Waals surface area contributed by atoms with Gasteiger partial charge in [-0.3, -0.25) is 0 Å². The van der Waals surface area contributed by atoms with E-state index in [0.717, 1.165) is 0 Å². The van der Waals surface area contributed by atoms with Gasteiger partial charge in [0.2, 0.25) is 0 Å². The van der Waals surface area contributed by atoms with E-state index in [1.807, 2.05) is 0 Å². The third kappa shape index (κ3) is 3.08. The van der Waals surface area contributed by atoms with Crippen molar-refractivity contribution >= 4 is 11.8 Å². The number of hydrogen-bond acceptors (Lipinski definition) is 3. The predicted octanol–water partition coefficient (Wildman–Crippen LogP) is 1.55. The number of hydrogen-bond donors (Lipinski definition) is 0. The minimum atomic E-state index is -0.444. The molecular formula is C7H7AcN2O2-. The molecule has 0 aliphatic rings. The third-order valence-electron chi connectivity index (χ3n) is 1.18. The number of carbonyl (C=O) groups is 1. The number of nitrogens with one attached hydrogen (secondary N) is 1. The number of rotatable bonds is 1. The summed E-state index contributed by atoms with van der Waals surface area (Å²) in [5.41, 5.74) is 7.44. The first kappa shape index (κ1) is 11.9. The zero-order valence-electron chi connectivity index (χ0n) is 6.57. The van der Waals surface area contributed by atoms with E-state index < -0.39 is 5.97 Å². The Kier molecular flexibility index (Phi) is 5.43. The van der Waals surface area contributed by atoms with Crippen LogP contribution in [0.25, 0.3) is 5.73 Å². The van der Waals surface area contributed by atoms with Crippen LogP contribution in [0.3, 0.4) is 0 Å². The van der Waals surface area contributed by atoms with E-state index in [-0.39, 0.29) is 49.9 Å². The molecule has 1 heterocycles. The normalized spacial score (nSPS) is 8.42. The smallest absolute Gasteiger partial charge is 0.337 e. The van der Waals surface area contributed by atoms with Gasteiger partial charge in [-0.1, -0.05) is 18.1 Å². The summed E-state index contributed by atoms with van der Waals surface area (Å²) in [4.78, 5) is 14.4. The molecule has 1 aromatic heterocycles. The molecule has 0 amide bonds. The molecule has 0 fully saturated rings. The topological polar surface area (TPSA) is 63.0 Å². The summed E-state index contributed by atoms with van der Waals surface area (Å²) in [6.07, 6.45) is 1.40. The average molecular weight is 378 g/mol. The summed E-state index contributed by atoms with van der Waals surface area (Å²) < 4.78 is 4.44. The zero-order valence-corrected chi connectivity index (χ0v) is 11.3. The molecule has 4 nitrogen and oxygen atoms in total. The molecule has 0 aromatic carbocycles. The molecule has 0 saturated carbocycles. The molecule has 5 heteroatoms. The molecule has 0 saturated heterocycles. The van der Waals surface area contributed by atoms with E-state index in [1.165, 1.54) is 25.4 Å². The largest absolute Gasteiger partial charge is 0.482 e. The number of carbonyl (C=O) groups excluding carboxylic acids is 1. The van der Waals surface area contributed by atoms with Crippen molar-refractivity contribution in [2.24, 2.45) is 0 Å². The second-order valence-corrected chi connectivity index (χ2v) is 1.92. The SMILES string of the molecule is COC(=O)c1ccnc([NH-])c1.[Ac]. The second-order valence-electron chi connectivity index (χ2n) is 1.92. The molecular weight excluding hydrogens is 371 g/mol. The molecule has 1 aromatic rings. The Hall–Kier alpha value is -0.138. The Morgan fingerprint density at radius 2 is 2.33 bits per heavy atom. The summed E-state index contributed by atoms with van der Waals surface area (Å²) in [5, 5.41) is 0. The van der Waals surface area contributed by atoms with Gasteiger partial charge in [0.25, 0.3) is 0 Å². The molecule has 1 rings (SSSR count). The first-order valence-corrected chi connectivity index (χ1v) is 3.00. The summed E-state index contributed by atoms with van der Waals surface area (Å²) in [7, 11) is 1.30. The van der Waals surface area contributed by atoms with Crippen LogP contribution in [-0.2, 0) is 4.74 Å². The van der Waals surface area contributed by atoms with Crippen molar-refractivity contribution in [3.05, 3.63) is 29.6 Å². The maximum absolute atomic E-state index is 10.8. The van der Waals surface area contributed by atoms with Gasteiger partial charge in [0.1, 0.15) is 0 Å². The minimum absolute atomic E-state index is 0. The zero-order chi connectivity index (χ0) is 8.27. The van der Waals surface area contributed by atoms with Crippen molar-refractivity contribution < 1.29 is 53.6 Å². The minimum Gasteiger partial charge on any atom is -0.482 e. The van der Waals surface area contributed by atoms with Crippen LogP contribution in [0.15, 0.2) is 18.3 Å². The maximum atomic E-state index is 10.8. The standard InChI is InChI=1S/C7H7N2O2.Ac/c1-11-7(10)5-2-3-9-6(8)4-5;/h2-4H,1H3,(H-,8,9);/q-1;. The Bertz CT molecular complexity index is 278. The summed E-state index contributed by atoms with van der Waals surface area (Å²) in [5.74, 6) is -0.381. The number of ether oxygens (including phenoxy) is 1.